The highest BCUT2D eigenvalue weighted by molar-refractivity contribution is 6.06. The van der Waals surface area contributed by atoms with Gasteiger partial charge in [-0.3, -0.25) is 0 Å². The fourth-order valence-corrected chi connectivity index (χ4v) is 3.56. The summed E-state index contributed by atoms with van der Waals surface area (Å²) in [6, 6.07) is 1.26. The Kier molecular flexibility index (Phi) is 5.49. The molecular formula is C19H21FN2O4. The summed E-state index contributed by atoms with van der Waals surface area (Å²) in [5.74, 6) is 0.988. The topological polar surface area (TPSA) is 79.7 Å². The number of aromatic nitrogens is 1. The predicted octanol–water partition coefficient (Wildman–Crippen LogP) is 2.18. The zero-order chi connectivity index (χ0) is 18.7. The SMILES string of the molecule is CCOC(=O)C1=CC(=C=O)c2cc(F)c(CCO)nc2N1C1CCCC1. The summed E-state index contributed by atoms with van der Waals surface area (Å²) in [4.78, 5) is 30.1. The van der Waals surface area contributed by atoms with Gasteiger partial charge in [-0.1, -0.05) is 12.8 Å². The molecule has 0 amide bonds. The van der Waals surface area contributed by atoms with Crippen molar-refractivity contribution in [2.45, 2.75) is 45.1 Å². The van der Waals surface area contributed by atoms with E-state index in [1.165, 1.54) is 12.1 Å². The molecule has 1 aliphatic carbocycles. The molecule has 3 rings (SSSR count). The predicted molar refractivity (Wildman–Crippen MR) is 93.5 cm³/mol. The van der Waals surface area contributed by atoms with Crippen molar-refractivity contribution in [3.05, 3.63) is 34.9 Å². The second-order valence-corrected chi connectivity index (χ2v) is 6.34. The second kappa shape index (κ2) is 7.81. The van der Waals surface area contributed by atoms with E-state index >= 15 is 0 Å². The number of hydrogen-bond donors (Lipinski definition) is 1. The van der Waals surface area contributed by atoms with Crippen LogP contribution in [0.1, 0.15) is 43.9 Å². The molecule has 2 heterocycles. The molecule has 0 unspecified atom stereocenters. The molecule has 6 nitrogen and oxygen atoms in total. The fraction of sp³-hybridized carbons (Fsp3) is 0.474. The van der Waals surface area contributed by atoms with Crippen molar-refractivity contribution in [1.29, 1.82) is 0 Å². The van der Waals surface area contributed by atoms with Gasteiger partial charge in [0.25, 0.3) is 0 Å². The molecular weight excluding hydrogens is 339 g/mol. The van der Waals surface area contributed by atoms with Gasteiger partial charge >= 0.3 is 5.97 Å². The molecule has 1 fully saturated rings. The van der Waals surface area contributed by atoms with Crippen LogP contribution < -0.4 is 4.90 Å². The van der Waals surface area contributed by atoms with Gasteiger partial charge in [-0.25, -0.2) is 19.0 Å². The third-order valence-electron chi connectivity index (χ3n) is 4.72. The minimum atomic E-state index is -0.593. The summed E-state index contributed by atoms with van der Waals surface area (Å²) in [6.45, 7) is 1.66. The van der Waals surface area contributed by atoms with E-state index in [-0.39, 0.29) is 42.6 Å². The molecule has 1 aliphatic heterocycles. The first-order chi connectivity index (χ1) is 12.6. The van der Waals surface area contributed by atoms with Gasteiger partial charge in [-0.15, -0.1) is 0 Å². The number of halogens is 1. The minimum absolute atomic E-state index is 0.0255. The summed E-state index contributed by atoms with van der Waals surface area (Å²) >= 11 is 0. The molecule has 1 N–H and O–H groups in total. The summed E-state index contributed by atoms with van der Waals surface area (Å²) in [5, 5.41) is 9.16. The van der Waals surface area contributed by atoms with Crippen molar-refractivity contribution < 1.29 is 23.8 Å². The normalized spacial score (nSPS) is 17.0. The van der Waals surface area contributed by atoms with Crippen LogP contribution in [0.5, 0.6) is 0 Å². The Hall–Kier alpha value is -2.50. The van der Waals surface area contributed by atoms with Crippen molar-refractivity contribution in [2.75, 3.05) is 18.1 Å². The number of nitrogens with zero attached hydrogens (tertiary/aromatic N) is 2. The number of aliphatic hydroxyl groups excluding tert-OH is 1. The van der Waals surface area contributed by atoms with Crippen LogP contribution in [0.2, 0.25) is 0 Å². The van der Waals surface area contributed by atoms with Crippen LogP contribution in [-0.4, -0.2) is 41.3 Å². The second-order valence-electron chi connectivity index (χ2n) is 6.34. The lowest BCUT2D eigenvalue weighted by molar-refractivity contribution is -0.138. The number of carbonyl (C=O) groups excluding carboxylic acids is 2. The summed E-state index contributed by atoms with van der Waals surface area (Å²) in [5.41, 5.74) is 0.696. The number of esters is 1. The van der Waals surface area contributed by atoms with E-state index in [2.05, 4.69) is 4.98 Å². The van der Waals surface area contributed by atoms with Crippen LogP contribution in [0.3, 0.4) is 0 Å². The quantitative estimate of drug-likeness (QED) is 0.640. The number of aliphatic hydroxyl groups is 1. The molecule has 138 valence electrons. The lowest BCUT2D eigenvalue weighted by atomic mass is 9.98. The number of rotatable bonds is 5. The van der Waals surface area contributed by atoms with Gasteiger partial charge in [-0.05, 0) is 31.9 Å². The van der Waals surface area contributed by atoms with E-state index < -0.39 is 11.8 Å². The molecule has 0 radical (unpaired) electrons. The van der Waals surface area contributed by atoms with Gasteiger partial charge in [0.15, 0.2) is 0 Å². The Morgan fingerprint density at radius 1 is 1.46 bits per heavy atom. The van der Waals surface area contributed by atoms with Crippen molar-refractivity contribution in [3.8, 4) is 0 Å². The number of allylic oxidation sites excluding steroid dienone is 2. The molecule has 0 atom stereocenters. The highest BCUT2D eigenvalue weighted by Gasteiger charge is 2.36. The maximum absolute atomic E-state index is 14.3. The highest BCUT2D eigenvalue weighted by atomic mass is 19.1. The third kappa shape index (κ3) is 3.28. The monoisotopic (exact) mass is 360 g/mol. The van der Waals surface area contributed by atoms with Gasteiger partial charge < -0.3 is 14.7 Å². The highest BCUT2D eigenvalue weighted by Crippen LogP contribution is 2.40. The summed E-state index contributed by atoms with van der Waals surface area (Å²) in [6.07, 6.45) is 5.23. The van der Waals surface area contributed by atoms with E-state index in [1.807, 2.05) is 0 Å². The zero-order valence-corrected chi connectivity index (χ0v) is 14.6. The first-order valence-electron chi connectivity index (χ1n) is 8.84. The molecule has 7 heteroatoms. The van der Waals surface area contributed by atoms with E-state index in [0.29, 0.717) is 11.4 Å². The lowest BCUT2D eigenvalue weighted by Crippen LogP contribution is -2.39. The van der Waals surface area contributed by atoms with Crippen molar-refractivity contribution in [1.82, 2.24) is 4.98 Å². The van der Waals surface area contributed by atoms with Crippen LogP contribution in [0.15, 0.2) is 17.8 Å². The third-order valence-corrected chi connectivity index (χ3v) is 4.72. The smallest absolute Gasteiger partial charge is 0.355 e. The molecule has 0 saturated heterocycles. The Morgan fingerprint density at radius 2 is 2.19 bits per heavy atom. The Labute approximate surface area is 151 Å². The maximum atomic E-state index is 14.3. The number of anilines is 1. The lowest BCUT2D eigenvalue weighted by Gasteiger charge is -2.35. The fourth-order valence-electron chi connectivity index (χ4n) is 3.56. The van der Waals surface area contributed by atoms with Crippen LogP contribution in [0.25, 0.3) is 5.57 Å². The van der Waals surface area contributed by atoms with Gasteiger partial charge in [0, 0.05) is 24.6 Å². The van der Waals surface area contributed by atoms with Gasteiger partial charge in [-0.2, -0.15) is 0 Å². The molecule has 26 heavy (non-hydrogen) atoms. The van der Waals surface area contributed by atoms with Crippen LogP contribution in [0.4, 0.5) is 10.2 Å². The standard InChI is InChI=1S/C19H21FN2O4/c1-2-26-19(25)17-9-12(11-24)14-10-15(20)16(7-8-23)21-18(14)22(17)13-5-3-4-6-13/h9-10,13,23H,2-8H2,1H3. The van der Waals surface area contributed by atoms with E-state index in [4.69, 9.17) is 9.84 Å². The number of pyridine rings is 1. The first-order valence-corrected chi connectivity index (χ1v) is 8.84. The van der Waals surface area contributed by atoms with E-state index in [1.54, 1.807) is 17.8 Å². The van der Waals surface area contributed by atoms with Gasteiger partial charge in [0.1, 0.15) is 23.3 Å². The van der Waals surface area contributed by atoms with Gasteiger partial charge in [0.2, 0.25) is 0 Å². The molecule has 1 aromatic heterocycles. The number of hydrogen-bond acceptors (Lipinski definition) is 6. The average molecular weight is 360 g/mol. The van der Waals surface area contributed by atoms with Crippen molar-refractivity contribution in [3.63, 3.8) is 0 Å². The van der Waals surface area contributed by atoms with Crippen LogP contribution in [0, 0.1) is 5.82 Å². The Balaban J connectivity index is 2.17. The van der Waals surface area contributed by atoms with E-state index in [0.717, 1.165) is 25.7 Å². The van der Waals surface area contributed by atoms with Crippen molar-refractivity contribution >= 4 is 23.3 Å². The molecule has 2 aliphatic rings. The number of carbonyl (C=O) groups is 1. The largest absolute Gasteiger partial charge is 0.461 e. The summed E-state index contributed by atoms with van der Waals surface area (Å²) < 4.78 is 19.5. The summed E-state index contributed by atoms with van der Waals surface area (Å²) in [7, 11) is 0. The molecule has 0 bridgehead atoms. The molecule has 1 saturated carbocycles. The van der Waals surface area contributed by atoms with E-state index in [9.17, 15) is 14.0 Å². The minimum Gasteiger partial charge on any atom is -0.461 e. The molecule has 0 spiro atoms. The maximum Gasteiger partial charge on any atom is 0.355 e. The molecule has 1 aromatic rings. The molecule has 0 aromatic carbocycles. The number of ether oxygens (including phenoxy) is 1. The van der Waals surface area contributed by atoms with Crippen LogP contribution >= 0.6 is 0 Å². The Morgan fingerprint density at radius 3 is 2.81 bits per heavy atom. The Bertz CT molecular complexity index is 793. The zero-order valence-electron chi connectivity index (χ0n) is 14.6. The van der Waals surface area contributed by atoms with Crippen LogP contribution in [-0.2, 0) is 20.7 Å². The average Bonchev–Trinajstić information content (AvgIpc) is 3.15. The van der Waals surface area contributed by atoms with Gasteiger partial charge in [0.05, 0.1) is 17.9 Å². The van der Waals surface area contributed by atoms with Crippen molar-refractivity contribution in [2.24, 2.45) is 0 Å². The first kappa shape index (κ1) is 18.3. The number of fused-ring (bicyclic) bond motifs is 1.